The van der Waals surface area contributed by atoms with Gasteiger partial charge in [0.25, 0.3) is 0 Å². The number of rotatable bonds is 2. The van der Waals surface area contributed by atoms with Crippen LogP contribution < -0.4 is 4.90 Å². The number of anilines is 1. The van der Waals surface area contributed by atoms with Gasteiger partial charge in [-0.2, -0.15) is 0 Å². The SMILES string of the molecule is O=Cc1ccc(N2C[C@@H]3C[C@H](C2)[C@@H]2CCCC(=O)N2C3)cc1. The first-order chi connectivity index (χ1) is 10.7. The molecule has 3 aliphatic heterocycles. The molecule has 3 heterocycles. The first-order valence-corrected chi connectivity index (χ1v) is 8.34. The van der Waals surface area contributed by atoms with Crippen LogP contribution in [0.5, 0.6) is 0 Å². The van der Waals surface area contributed by atoms with Crippen molar-refractivity contribution in [1.29, 1.82) is 0 Å². The van der Waals surface area contributed by atoms with Crippen molar-refractivity contribution in [2.75, 3.05) is 24.5 Å². The molecular formula is C18H22N2O2. The van der Waals surface area contributed by atoms with Crippen LogP contribution in [-0.4, -0.2) is 42.8 Å². The first-order valence-electron chi connectivity index (χ1n) is 8.34. The van der Waals surface area contributed by atoms with Gasteiger partial charge in [-0.1, -0.05) is 0 Å². The Kier molecular flexibility index (Phi) is 3.40. The third kappa shape index (κ3) is 2.31. The van der Waals surface area contributed by atoms with E-state index in [9.17, 15) is 9.59 Å². The van der Waals surface area contributed by atoms with Gasteiger partial charge in [0.05, 0.1) is 0 Å². The third-order valence-corrected chi connectivity index (χ3v) is 5.57. The second-order valence-corrected chi connectivity index (χ2v) is 6.98. The summed E-state index contributed by atoms with van der Waals surface area (Å²) in [5, 5.41) is 0. The number of benzene rings is 1. The molecule has 1 aromatic rings. The van der Waals surface area contributed by atoms with Crippen LogP contribution in [0.3, 0.4) is 0 Å². The number of carbonyl (C=O) groups is 2. The summed E-state index contributed by atoms with van der Waals surface area (Å²) in [5.41, 5.74) is 1.93. The van der Waals surface area contributed by atoms with E-state index in [1.165, 1.54) is 18.5 Å². The van der Waals surface area contributed by atoms with E-state index in [0.29, 0.717) is 23.8 Å². The highest BCUT2D eigenvalue weighted by atomic mass is 16.2. The van der Waals surface area contributed by atoms with Crippen LogP contribution >= 0.6 is 0 Å². The maximum atomic E-state index is 12.2. The summed E-state index contributed by atoms with van der Waals surface area (Å²) in [7, 11) is 0. The Morgan fingerprint density at radius 2 is 1.91 bits per heavy atom. The van der Waals surface area contributed by atoms with Gasteiger partial charge in [-0.3, -0.25) is 9.59 Å². The minimum atomic E-state index is 0.370. The topological polar surface area (TPSA) is 40.6 Å². The van der Waals surface area contributed by atoms with Crippen LogP contribution in [0.2, 0.25) is 0 Å². The minimum absolute atomic E-state index is 0.370. The van der Waals surface area contributed by atoms with Crippen molar-refractivity contribution in [3.63, 3.8) is 0 Å². The molecule has 3 aliphatic rings. The van der Waals surface area contributed by atoms with Gasteiger partial charge in [0, 0.05) is 43.3 Å². The lowest BCUT2D eigenvalue weighted by Gasteiger charge is -2.53. The maximum absolute atomic E-state index is 12.2. The molecule has 3 fully saturated rings. The lowest BCUT2D eigenvalue weighted by Crippen LogP contribution is -2.60. The monoisotopic (exact) mass is 298 g/mol. The van der Waals surface area contributed by atoms with Crippen molar-refractivity contribution in [3.05, 3.63) is 29.8 Å². The fourth-order valence-corrected chi connectivity index (χ4v) is 4.58. The summed E-state index contributed by atoms with van der Waals surface area (Å²) < 4.78 is 0. The Labute approximate surface area is 131 Å². The second-order valence-electron chi connectivity index (χ2n) is 6.98. The Morgan fingerprint density at radius 3 is 2.68 bits per heavy atom. The molecule has 4 rings (SSSR count). The summed E-state index contributed by atoms with van der Waals surface area (Å²) in [4.78, 5) is 27.6. The number of nitrogens with zero attached hydrogens (tertiary/aromatic N) is 2. The van der Waals surface area contributed by atoms with Crippen molar-refractivity contribution in [2.24, 2.45) is 11.8 Å². The van der Waals surface area contributed by atoms with Crippen LogP contribution in [0.4, 0.5) is 5.69 Å². The number of amides is 1. The zero-order valence-electron chi connectivity index (χ0n) is 12.8. The van der Waals surface area contributed by atoms with Crippen molar-refractivity contribution in [1.82, 2.24) is 4.90 Å². The maximum Gasteiger partial charge on any atom is 0.222 e. The largest absolute Gasteiger partial charge is 0.371 e. The molecule has 0 radical (unpaired) electrons. The van der Waals surface area contributed by atoms with Gasteiger partial charge >= 0.3 is 0 Å². The summed E-state index contributed by atoms with van der Waals surface area (Å²) in [6.45, 7) is 2.99. The minimum Gasteiger partial charge on any atom is -0.371 e. The highest BCUT2D eigenvalue weighted by Crippen LogP contribution is 2.39. The van der Waals surface area contributed by atoms with Crippen molar-refractivity contribution >= 4 is 17.9 Å². The van der Waals surface area contributed by atoms with E-state index in [1.54, 1.807) is 0 Å². The average Bonchev–Trinajstić information content (AvgIpc) is 2.56. The Hall–Kier alpha value is -1.84. The number of hydrogen-bond acceptors (Lipinski definition) is 3. The number of fused-ring (bicyclic) bond motifs is 4. The quantitative estimate of drug-likeness (QED) is 0.787. The van der Waals surface area contributed by atoms with E-state index in [-0.39, 0.29) is 0 Å². The van der Waals surface area contributed by atoms with Gasteiger partial charge in [-0.25, -0.2) is 0 Å². The second kappa shape index (κ2) is 5.41. The standard InChI is InChI=1S/C18H22N2O2/c21-12-13-4-6-16(7-5-13)19-9-14-8-15(11-19)17-2-1-3-18(22)20(17)10-14/h4-7,12,14-15,17H,1-3,8-11H2/t14-,15+,17-/m0/s1. The van der Waals surface area contributed by atoms with Gasteiger partial charge in [0.1, 0.15) is 6.29 Å². The predicted octanol–water partition coefficient (Wildman–Crippen LogP) is 2.34. The third-order valence-electron chi connectivity index (χ3n) is 5.57. The summed E-state index contributed by atoms with van der Waals surface area (Å²) in [5.74, 6) is 1.56. The van der Waals surface area contributed by atoms with E-state index >= 15 is 0 Å². The lowest BCUT2D eigenvalue weighted by atomic mass is 9.76. The molecule has 22 heavy (non-hydrogen) atoms. The number of hydrogen-bond donors (Lipinski definition) is 0. The number of aldehydes is 1. The number of carbonyl (C=O) groups excluding carboxylic acids is 2. The van der Waals surface area contributed by atoms with E-state index < -0.39 is 0 Å². The molecule has 3 saturated heterocycles. The molecular weight excluding hydrogens is 276 g/mol. The molecule has 116 valence electrons. The zero-order valence-corrected chi connectivity index (χ0v) is 12.8. The molecule has 4 nitrogen and oxygen atoms in total. The normalized spacial score (nSPS) is 30.9. The smallest absolute Gasteiger partial charge is 0.222 e. The van der Waals surface area contributed by atoms with E-state index in [4.69, 9.17) is 0 Å². The van der Waals surface area contributed by atoms with Crippen molar-refractivity contribution in [2.45, 2.75) is 31.7 Å². The van der Waals surface area contributed by atoms with Crippen LogP contribution in [0, 0.1) is 11.8 Å². The van der Waals surface area contributed by atoms with Gasteiger partial charge in [0.2, 0.25) is 5.91 Å². The average molecular weight is 298 g/mol. The molecule has 1 aromatic carbocycles. The van der Waals surface area contributed by atoms with Gasteiger partial charge in [0.15, 0.2) is 0 Å². The highest BCUT2D eigenvalue weighted by molar-refractivity contribution is 5.77. The summed E-state index contributed by atoms with van der Waals surface area (Å²) in [6, 6.07) is 8.34. The first kappa shape index (κ1) is 13.8. The molecule has 0 spiro atoms. The summed E-state index contributed by atoms with van der Waals surface area (Å²) >= 11 is 0. The Balaban J connectivity index is 1.54. The molecule has 0 unspecified atom stereocenters. The van der Waals surface area contributed by atoms with Crippen LogP contribution in [0.15, 0.2) is 24.3 Å². The van der Waals surface area contributed by atoms with Gasteiger partial charge in [-0.05, 0) is 55.4 Å². The number of piperidine rings is 3. The van der Waals surface area contributed by atoms with E-state index in [1.807, 2.05) is 12.1 Å². The van der Waals surface area contributed by atoms with Gasteiger partial charge < -0.3 is 9.80 Å². The van der Waals surface area contributed by atoms with Crippen LogP contribution in [0.1, 0.15) is 36.0 Å². The molecule has 2 bridgehead atoms. The lowest BCUT2D eigenvalue weighted by molar-refractivity contribution is -0.142. The Bertz CT molecular complexity index is 583. The molecule has 4 heteroatoms. The molecule has 0 aliphatic carbocycles. The van der Waals surface area contributed by atoms with Crippen molar-refractivity contribution in [3.8, 4) is 0 Å². The van der Waals surface area contributed by atoms with Crippen LogP contribution in [-0.2, 0) is 4.79 Å². The molecule has 0 N–H and O–H groups in total. The van der Waals surface area contributed by atoms with Crippen LogP contribution in [0.25, 0.3) is 0 Å². The highest BCUT2D eigenvalue weighted by Gasteiger charge is 2.43. The van der Waals surface area contributed by atoms with E-state index in [0.717, 1.165) is 44.3 Å². The van der Waals surface area contributed by atoms with Gasteiger partial charge in [-0.15, -0.1) is 0 Å². The fraction of sp³-hybridized carbons (Fsp3) is 0.556. The zero-order chi connectivity index (χ0) is 15.1. The Morgan fingerprint density at radius 1 is 1.09 bits per heavy atom. The molecule has 1 amide bonds. The predicted molar refractivity (Wildman–Crippen MR) is 85.0 cm³/mol. The molecule has 0 saturated carbocycles. The van der Waals surface area contributed by atoms with E-state index in [2.05, 4.69) is 21.9 Å². The fourth-order valence-electron chi connectivity index (χ4n) is 4.58. The molecule has 0 aromatic heterocycles. The molecule has 3 atom stereocenters. The summed E-state index contributed by atoms with van der Waals surface area (Å²) in [6.07, 6.45) is 5.11. The van der Waals surface area contributed by atoms with Crippen molar-refractivity contribution < 1.29 is 9.59 Å².